The number of carbonyl (C=O) groups is 1. The Hall–Kier alpha value is -3.49. The number of para-hydroxylation sites is 2. The molecule has 0 radical (unpaired) electrons. The van der Waals surface area contributed by atoms with Crippen LogP contribution in [0.1, 0.15) is 10.6 Å². The van der Waals surface area contributed by atoms with E-state index in [1.807, 2.05) is 53.9 Å². The van der Waals surface area contributed by atoms with Gasteiger partial charge in [-0.15, -0.1) is 22.7 Å². The van der Waals surface area contributed by atoms with Gasteiger partial charge in [0.1, 0.15) is 5.75 Å². The molecule has 6 nitrogen and oxygen atoms in total. The molecule has 0 spiro atoms. The number of furan rings is 1. The molecule has 0 unspecified atom stereocenters. The van der Waals surface area contributed by atoms with Crippen molar-refractivity contribution < 1.29 is 13.9 Å². The highest BCUT2D eigenvalue weighted by atomic mass is 32.1. The molecule has 0 saturated carbocycles. The maximum absolute atomic E-state index is 12.6. The molecule has 0 aliphatic carbocycles. The van der Waals surface area contributed by atoms with Gasteiger partial charge >= 0.3 is 0 Å². The van der Waals surface area contributed by atoms with E-state index in [-0.39, 0.29) is 11.7 Å². The monoisotopic (exact) mass is 433 g/mol. The zero-order valence-electron chi connectivity index (χ0n) is 15.8. The topological polar surface area (TPSA) is 77.2 Å². The van der Waals surface area contributed by atoms with E-state index in [4.69, 9.17) is 9.15 Å². The smallest absolute Gasteiger partial charge is 0.293 e. The number of carbonyl (C=O) groups excluding carboxylic acids is 1. The van der Waals surface area contributed by atoms with Gasteiger partial charge in [0, 0.05) is 10.9 Å². The number of benzene rings is 2. The largest absolute Gasteiger partial charge is 0.496 e. The average Bonchev–Trinajstić information content (AvgIpc) is 3.52. The fourth-order valence-electron chi connectivity index (χ4n) is 3.02. The second-order valence-electron chi connectivity index (χ2n) is 6.34. The van der Waals surface area contributed by atoms with E-state index in [1.165, 1.54) is 22.7 Å². The van der Waals surface area contributed by atoms with Gasteiger partial charge in [-0.2, -0.15) is 0 Å². The van der Waals surface area contributed by atoms with Crippen LogP contribution < -0.4 is 10.1 Å². The third-order valence-electron chi connectivity index (χ3n) is 4.44. The molecule has 1 N–H and O–H groups in total. The summed E-state index contributed by atoms with van der Waals surface area (Å²) in [5.41, 5.74) is 2.52. The molecule has 0 bridgehead atoms. The Bertz CT molecular complexity index is 1320. The number of nitrogens with zero attached hydrogens (tertiary/aromatic N) is 2. The SMILES string of the molecule is COc1ccccc1-c1csc(NC(=O)c2ccc(-c3nc4ccccc4s3)o2)n1. The van der Waals surface area contributed by atoms with Gasteiger partial charge in [0.25, 0.3) is 5.91 Å². The summed E-state index contributed by atoms with van der Waals surface area (Å²) in [6.07, 6.45) is 0. The van der Waals surface area contributed by atoms with E-state index in [0.29, 0.717) is 10.9 Å². The van der Waals surface area contributed by atoms with Crippen LogP contribution in [0, 0.1) is 0 Å². The zero-order valence-corrected chi connectivity index (χ0v) is 17.4. The van der Waals surface area contributed by atoms with Gasteiger partial charge in [0.2, 0.25) is 0 Å². The molecule has 3 aromatic heterocycles. The molecule has 3 heterocycles. The quantitative estimate of drug-likeness (QED) is 0.371. The number of rotatable bonds is 5. The van der Waals surface area contributed by atoms with Crippen molar-refractivity contribution in [1.29, 1.82) is 0 Å². The molecule has 5 rings (SSSR count). The van der Waals surface area contributed by atoms with Crippen molar-refractivity contribution in [3.8, 4) is 27.8 Å². The number of hydrogen-bond donors (Lipinski definition) is 1. The van der Waals surface area contributed by atoms with Crippen molar-refractivity contribution in [2.75, 3.05) is 12.4 Å². The van der Waals surface area contributed by atoms with Crippen LogP contribution in [0.2, 0.25) is 0 Å². The maximum Gasteiger partial charge on any atom is 0.293 e. The molecule has 0 aliphatic heterocycles. The minimum atomic E-state index is -0.358. The number of methoxy groups -OCH3 is 1. The van der Waals surface area contributed by atoms with Crippen molar-refractivity contribution in [1.82, 2.24) is 9.97 Å². The molecule has 5 aromatic rings. The Morgan fingerprint density at radius 1 is 1.03 bits per heavy atom. The number of nitrogens with one attached hydrogen (secondary N) is 1. The number of fused-ring (bicyclic) bond motifs is 1. The van der Waals surface area contributed by atoms with Crippen LogP contribution >= 0.6 is 22.7 Å². The molecule has 30 heavy (non-hydrogen) atoms. The lowest BCUT2D eigenvalue weighted by atomic mass is 10.1. The van der Waals surface area contributed by atoms with Gasteiger partial charge < -0.3 is 9.15 Å². The zero-order chi connectivity index (χ0) is 20.5. The van der Waals surface area contributed by atoms with Crippen LogP contribution in [-0.4, -0.2) is 23.0 Å². The lowest BCUT2D eigenvalue weighted by molar-refractivity contribution is 0.0997. The number of hydrogen-bond acceptors (Lipinski definition) is 7. The van der Waals surface area contributed by atoms with Crippen molar-refractivity contribution in [3.63, 3.8) is 0 Å². The second-order valence-corrected chi connectivity index (χ2v) is 8.23. The van der Waals surface area contributed by atoms with E-state index in [1.54, 1.807) is 19.2 Å². The Kier molecular flexibility index (Phi) is 4.78. The summed E-state index contributed by atoms with van der Waals surface area (Å²) < 4.78 is 12.2. The van der Waals surface area contributed by atoms with Crippen LogP contribution in [0.25, 0.3) is 32.2 Å². The van der Waals surface area contributed by atoms with Gasteiger partial charge in [-0.3, -0.25) is 10.1 Å². The Morgan fingerprint density at radius 2 is 1.87 bits per heavy atom. The molecular formula is C22H15N3O3S2. The van der Waals surface area contributed by atoms with Crippen LogP contribution in [0.5, 0.6) is 5.75 Å². The van der Waals surface area contributed by atoms with Gasteiger partial charge in [0.05, 0.1) is 23.0 Å². The van der Waals surface area contributed by atoms with E-state index in [2.05, 4.69) is 15.3 Å². The highest BCUT2D eigenvalue weighted by Crippen LogP contribution is 2.33. The van der Waals surface area contributed by atoms with E-state index < -0.39 is 0 Å². The fraction of sp³-hybridized carbons (Fsp3) is 0.0455. The molecule has 0 saturated heterocycles. The minimum Gasteiger partial charge on any atom is -0.496 e. The standard InChI is InChI=1S/C22H15N3O3S2/c1-27-16-8-4-2-6-13(16)15-12-29-22(24-15)25-20(26)17-10-11-18(28-17)21-23-14-7-3-5-9-19(14)30-21/h2-12H,1H3,(H,24,25,26). The van der Waals surface area contributed by atoms with Crippen molar-refractivity contribution in [3.05, 3.63) is 71.8 Å². The minimum absolute atomic E-state index is 0.207. The number of anilines is 1. The first-order valence-electron chi connectivity index (χ1n) is 9.07. The van der Waals surface area contributed by atoms with Crippen molar-refractivity contribution >= 4 is 43.9 Å². The lowest BCUT2D eigenvalue weighted by Crippen LogP contribution is -2.10. The first kappa shape index (κ1) is 18.5. The number of aromatic nitrogens is 2. The molecule has 148 valence electrons. The third-order valence-corrected chi connectivity index (χ3v) is 6.25. The summed E-state index contributed by atoms with van der Waals surface area (Å²) in [5, 5.41) is 5.90. The first-order valence-corrected chi connectivity index (χ1v) is 10.8. The predicted molar refractivity (Wildman–Crippen MR) is 119 cm³/mol. The molecule has 0 aliphatic rings. The van der Waals surface area contributed by atoms with E-state index >= 15 is 0 Å². The van der Waals surface area contributed by atoms with Crippen LogP contribution in [-0.2, 0) is 0 Å². The Labute approximate surface area is 179 Å². The van der Waals surface area contributed by atoms with Crippen molar-refractivity contribution in [2.24, 2.45) is 0 Å². The first-order chi connectivity index (χ1) is 14.7. The molecule has 0 atom stereocenters. The van der Waals surface area contributed by atoms with Crippen molar-refractivity contribution in [2.45, 2.75) is 0 Å². The number of thiazole rings is 2. The summed E-state index contributed by atoms with van der Waals surface area (Å²) in [6.45, 7) is 0. The van der Waals surface area contributed by atoms with Crippen LogP contribution in [0.15, 0.2) is 70.5 Å². The molecule has 1 amide bonds. The fourth-order valence-corrected chi connectivity index (χ4v) is 4.66. The number of amides is 1. The summed E-state index contributed by atoms with van der Waals surface area (Å²) in [6, 6.07) is 18.9. The molecule has 8 heteroatoms. The summed E-state index contributed by atoms with van der Waals surface area (Å²) in [5.74, 6) is 1.14. The third kappa shape index (κ3) is 3.47. The van der Waals surface area contributed by atoms with Crippen LogP contribution in [0.4, 0.5) is 5.13 Å². The van der Waals surface area contributed by atoms with Gasteiger partial charge in [-0.05, 0) is 36.4 Å². The predicted octanol–water partition coefficient (Wildman–Crippen LogP) is 5.94. The molecule has 0 fully saturated rings. The normalized spacial score (nSPS) is 11.0. The van der Waals surface area contributed by atoms with Gasteiger partial charge in [-0.25, -0.2) is 9.97 Å². The van der Waals surface area contributed by atoms with Gasteiger partial charge in [0.15, 0.2) is 21.7 Å². The van der Waals surface area contributed by atoms with Gasteiger partial charge in [-0.1, -0.05) is 24.3 Å². The summed E-state index contributed by atoms with van der Waals surface area (Å²) in [4.78, 5) is 21.7. The van der Waals surface area contributed by atoms with Crippen LogP contribution in [0.3, 0.4) is 0 Å². The molecular weight excluding hydrogens is 418 g/mol. The highest BCUT2D eigenvalue weighted by Gasteiger charge is 2.17. The highest BCUT2D eigenvalue weighted by molar-refractivity contribution is 7.21. The second kappa shape index (κ2) is 7.74. The molecule has 2 aromatic carbocycles. The maximum atomic E-state index is 12.6. The number of ether oxygens (including phenoxy) is 1. The van der Waals surface area contributed by atoms with E-state index in [9.17, 15) is 4.79 Å². The summed E-state index contributed by atoms with van der Waals surface area (Å²) in [7, 11) is 1.62. The lowest BCUT2D eigenvalue weighted by Gasteiger charge is -2.04. The Morgan fingerprint density at radius 3 is 2.73 bits per heavy atom. The Balaban J connectivity index is 1.35. The summed E-state index contributed by atoms with van der Waals surface area (Å²) >= 11 is 2.87. The van der Waals surface area contributed by atoms with E-state index in [0.717, 1.165) is 32.2 Å². The average molecular weight is 434 g/mol.